The van der Waals surface area contributed by atoms with E-state index in [0.717, 1.165) is 0 Å². The summed E-state index contributed by atoms with van der Waals surface area (Å²) < 4.78 is 5.59. The fourth-order valence-corrected chi connectivity index (χ4v) is 2.74. The Morgan fingerprint density at radius 3 is 2.56 bits per heavy atom. The Morgan fingerprint density at radius 1 is 1.04 bits per heavy atom. The number of ether oxygens (including phenoxy) is 1. The van der Waals surface area contributed by atoms with Gasteiger partial charge in [-0.25, -0.2) is 0 Å². The lowest BCUT2D eigenvalue weighted by atomic mass is 10.1. The molecule has 0 atom stereocenters. The average molecular weight is 338 g/mol. The van der Waals surface area contributed by atoms with Gasteiger partial charge in [0.05, 0.1) is 12.2 Å². The molecule has 128 valence electrons. The zero-order chi connectivity index (χ0) is 18.0. The second-order valence-corrected chi connectivity index (χ2v) is 5.81. The molecule has 6 nitrogen and oxygen atoms in total. The van der Waals surface area contributed by atoms with E-state index in [9.17, 15) is 14.4 Å². The van der Waals surface area contributed by atoms with Crippen molar-refractivity contribution >= 4 is 29.0 Å². The minimum Gasteiger partial charge on any atom is -0.490 e. The number of fused-ring (bicyclic) bond motifs is 1. The quantitative estimate of drug-likeness (QED) is 0.873. The molecule has 3 rings (SSSR count). The molecule has 0 bridgehead atoms. The van der Waals surface area contributed by atoms with Crippen LogP contribution in [-0.4, -0.2) is 30.7 Å². The SMILES string of the molecule is CC(=O)Nc1cccc(C(=O)N2CCOc3ccc(C(C)=O)cc32)c1. The molecule has 2 aromatic carbocycles. The van der Waals surface area contributed by atoms with Gasteiger partial charge in [-0.05, 0) is 43.3 Å². The minimum absolute atomic E-state index is 0.0755. The van der Waals surface area contributed by atoms with Crippen LogP contribution < -0.4 is 15.0 Å². The molecule has 6 heteroatoms. The van der Waals surface area contributed by atoms with E-state index in [2.05, 4.69) is 5.32 Å². The number of carbonyl (C=O) groups is 3. The first-order chi connectivity index (χ1) is 12.0. The lowest BCUT2D eigenvalue weighted by molar-refractivity contribution is -0.114. The van der Waals surface area contributed by atoms with Crippen LogP contribution in [0.5, 0.6) is 5.75 Å². The van der Waals surface area contributed by atoms with Crippen LogP contribution in [-0.2, 0) is 4.79 Å². The summed E-state index contributed by atoms with van der Waals surface area (Å²) in [7, 11) is 0. The number of hydrogen-bond acceptors (Lipinski definition) is 4. The molecule has 0 spiro atoms. The molecule has 0 radical (unpaired) electrons. The van der Waals surface area contributed by atoms with Gasteiger partial charge in [0, 0.05) is 23.7 Å². The number of Topliss-reactive ketones (excluding diaryl/α,β-unsaturated/α-hetero) is 1. The van der Waals surface area contributed by atoms with E-state index in [1.165, 1.54) is 13.8 Å². The van der Waals surface area contributed by atoms with Gasteiger partial charge in [0.25, 0.3) is 5.91 Å². The maximum Gasteiger partial charge on any atom is 0.258 e. The highest BCUT2D eigenvalue weighted by Crippen LogP contribution is 2.33. The molecule has 0 saturated carbocycles. The van der Waals surface area contributed by atoms with Crippen molar-refractivity contribution in [3.63, 3.8) is 0 Å². The number of rotatable bonds is 3. The molecule has 1 aliphatic heterocycles. The lowest BCUT2D eigenvalue weighted by Gasteiger charge is -2.30. The summed E-state index contributed by atoms with van der Waals surface area (Å²) in [6, 6.07) is 11.8. The van der Waals surface area contributed by atoms with Gasteiger partial charge in [0.1, 0.15) is 12.4 Å². The second kappa shape index (κ2) is 6.76. The third-order valence-electron chi connectivity index (χ3n) is 3.90. The fourth-order valence-electron chi connectivity index (χ4n) is 2.74. The second-order valence-electron chi connectivity index (χ2n) is 5.81. The van der Waals surface area contributed by atoms with E-state index in [4.69, 9.17) is 4.74 Å². The van der Waals surface area contributed by atoms with Gasteiger partial charge in [-0.15, -0.1) is 0 Å². The molecule has 2 amide bonds. The van der Waals surface area contributed by atoms with E-state index in [1.54, 1.807) is 47.4 Å². The summed E-state index contributed by atoms with van der Waals surface area (Å²) in [5, 5.41) is 2.67. The van der Waals surface area contributed by atoms with Crippen LogP contribution in [0.1, 0.15) is 34.6 Å². The maximum atomic E-state index is 13.0. The minimum atomic E-state index is -0.211. The summed E-state index contributed by atoms with van der Waals surface area (Å²) in [5.74, 6) is 0.0842. The van der Waals surface area contributed by atoms with E-state index in [0.29, 0.717) is 41.4 Å². The number of ketones is 1. The third-order valence-corrected chi connectivity index (χ3v) is 3.90. The van der Waals surface area contributed by atoms with Crippen LogP contribution in [0.3, 0.4) is 0 Å². The van der Waals surface area contributed by atoms with Crippen LogP contribution in [0.15, 0.2) is 42.5 Å². The van der Waals surface area contributed by atoms with Crippen molar-refractivity contribution < 1.29 is 19.1 Å². The molecular weight excluding hydrogens is 320 g/mol. The maximum absolute atomic E-state index is 13.0. The number of anilines is 2. The highest BCUT2D eigenvalue weighted by molar-refractivity contribution is 6.08. The summed E-state index contributed by atoms with van der Waals surface area (Å²) in [6.45, 7) is 3.66. The predicted octanol–water partition coefficient (Wildman–Crippen LogP) is 2.89. The predicted molar refractivity (Wildman–Crippen MR) is 94.4 cm³/mol. The molecule has 1 N–H and O–H groups in total. The zero-order valence-electron chi connectivity index (χ0n) is 14.0. The van der Waals surface area contributed by atoms with Crippen molar-refractivity contribution in [1.29, 1.82) is 0 Å². The van der Waals surface area contributed by atoms with Crippen molar-refractivity contribution in [3.8, 4) is 5.75 Å². The standard InChI is InChI=1S/C19H18N2O4/c1-12(22)14-6-7-18-17(11-14)21(8-9-25-18)19(24)15-4-3-5-16(10-15)20-13(2)23/h3-7,10-11H,8-9H2,1-2H3,(H,20,23). The van der Waals surface area contributed by atoms with Crippen LogP contribution in [0, 0.1) is 0 Å². The number of nitrogens with zero attached hydrogens (tertiary/aromatic N) is 1. The molecule has 0 unspecified atom stereocenters. The van der Waals surface area contributed by atoms with Gasteiger partial charge < -0.3 is 15.0 Å². The van der Waals surface area contributed by atoms with Gasteiger partial charge in [0.15, 0.2) is 5.78 Å². The largest absolute Gasteiger partial charge is 0.490 e. The monoisotopic (exact) mass is 338 g/mol. The first-order valence-corrected chi connectivity index (χ1v) is 7.93. The lowest BCUT2D eigenvalue weighted by Crippen LogP contribution is -2.38. The molecule has 0 aromatic heterocycles. The number of amides is 2. The van der Waals surface area contributed by atoms with Gasteiger partial charge in [0.2, 0.25) is 5.91 Å². The molecule has 1 aliphatic rings. The Labute approximate surface area is 145 Å². The van der Waals surface area contributed by atoms with E-state index in [-0.39, 0.29) is 17.6 Å². The van der Waals surface area contributed by atoms with E-state index in [1.807, 2.05) is 0 Å². The van der Waals surface area contributed by atoms with Crippen molar-refractivity contribution in [1.82, 2.24) is 0 Å². The molecule has 1 heterocycles. The molecule has 0 aliphatic carbocycles. The number of benzene rings is 2. The van der Waals surface area contributed by atoms with Gasteiger partial charge >= 0.3 is 0 Å². The fraction of sp³-hybridized carbons (Fsp3) is 0.211. The molecule has 0 saturated heterocycles. The highest BCUT2D eigenvalue weighted by atomic mass is 16.5. The van der Waals surface area contributed by atoms with E-state index >= 15 is 0 Å². The van der Waals surface area contributed by atoms with Crippen molar-refractivity contribution in [2.24, 2.45) is 0 Å². The van der Waals surface area contributed by atoms with Crippen molar-refractivity contribution in [2.75, 3.05) is 23.4 Å². The van der Waals surface area contributed by atoms with Gasteiger partial charge in [-0.1, -0.05) is 6.07 Å². The van der Waals surface area contributed by atoms with Crippen LogP contribution >= 0.6 is 0 Å². The smallest absolute Gasteiger partial charge is 0.258 e. The average Bonchev–Trinajstić information content (AvgIpc) is 2.59. The van der Waals surface area contributed by atoms with Crippen LogP contribution in [0.4, 0.5) is 11.4 Å². The van der Waals surface area contributed by atoms with Gasteiger partial charge in [-0.3, -0.25) is 14.4 Å². The topological polar surface area (TPSA) is 75.7 Å². The van der Waals surface area contributed by atoms with E-state index < -0.39 is 0 Å². The van der Waals surface area contributed by atoms with Crippen molar-refractivity contribution in [3.05, 3.63) is 53.6 Å². The summed E-state index contributed by atoms with van der Waals surface area (Å²) >= 11 is 0. The Hall–Kier alpha value is -3.15. The summed E-state index contributed by atoms with van der Waals surface area (Å²) in [5.41, 5.74) is 2.11. The summed E-state index contributed by atoms with van der Waals surface area (Å²) in [4.78, 5) is 37.4. The Morgan fingerprint density at radius 2 is 1.84 bits per heavy atom. The highest BCUT2D eigenvalue weighted by Gasteiger charge is 2.25. The van der Waals surface area contributed by atoms with Crippen molar-refractivity contribution in [2.45, 2.75) is 13.8 Å². The normalized spacial score (nSPS) is 12.8. The van der Waals surface area contributed by atoms with Crippen LogP contribution in [0.2, 0.25) is 0 Å². The van der Waals surface area contributed by atoms with Gasteiger partial charge in [-0.2, -0.15) is 0 Å². The molecule has 0 fully saturated rings. The number of nitrogens with one attached hydrogen (secondary N) is 1. The molecule has 25 heavy (non-hydrogen) atoms. The number of hydrogen-bond donors (Lipinski definition) is 1. The Bertz CT molecular complexity index is 860. The third kappa shape index (κ3) is 3.52. The molecule has 2 aromatic rings. The summed E-state index contributed by atoms with van der Waals surface area (Å²) in [6.07, 6.45) is 0. The van der Waals surface area contributed by atoms with Crippen LogP contribution in [0.25, 0.3) is 0 Å². The Kier molecular flexibility index (Phi) is 4.52. The zero-order valence-corrected chi connectivity index (χ0v) is 14.0. The Balaban J connectivity index is 1.95. The molecular formula is C19H18N2O4. The first-order valence-electron chi connectivity index (χ1n) is 7.93. The first kappa shape index (κ1) is 16.7. The number of carbonyl (C=O) groups excluding carboxylic acids is 3.